The summed E-state index contributed by atoms with van der Waals surface area (Å²) in [5, 5.41) is 3.00. The van der Waals surface area contributed by atoms with Crippen molar-refractivity contribution in [1.82, 2.24) is 5.32 Å². The number of allylic oxidation sites excluding steroid dienone is 1. The second-order valence-electron chi connectivity index (χ2n) is 8.75. The lowest BCUT2D eigenvalue weighted by Gasteiger charge is -2.26. The summed E-state index contributed by atoms with van der Waals surface area (Å²) in [5.41, 5.74) is 6.68. The van der Waals surface area contributed by atoms with E-state index in [4.69, 9.17) is 5.73 Å². The van der Waals surface area contributed by atoms with Gasteiger partial charge in [-0.15, -0.1) is 6.58 Å². The number of hydrogen-bond donors (Lipinski definition) is 2. The van der Waals surface area contributed by atoms with E-state index in [0.717, 1.165) is 24.0 Å². The smallest absolute Gasteiger partial charge is 0.225 e. The second kappa shape index (κ2) is 16.5. The Morgan fingerprint density at radius 3 is 2.04 bits per heavy atom. The van der Waals surface area contributed by atoms with Gasteiger partial charge in [-0.1, -0.05) is 32.8 Å². The van der Waals surface area contributed by atoms with E-state index in [9.17, 15) is 4.79 Å². The predicted octanol–water partition coefficient (Wildman–Crippen LogP) is -0.106. The molecule has 0 rings (SSSR count). The molecule has 1 atom stereocenters. The minimum Gasteiger partial charge on any atom is -1.00 e. The summed E-state index contributed by atoms with van der Waals surface area (Å²) in [4.78, 5) is 12.0. The highest BCUT2D eigenvalue weighted by molar-refractivity contribution is 5.81. The van der Waals surface area contributed by atoms with Gasteiger partial charge in [-0.3, -0.25) is 4.79 Å². The molecule has 26 heavy (non-hydrogen) atoms. The highest BCUT2D eigenvalue weighted by Crippen LogP contribution is 2.21. The molecule has 0 saturated carbocycles. The molecule has 160 valence electrons. The van der Waals surface area contributed by atoms with E-state index >= 15 is 0 Å². The molecule has 0 saturated heterocycles. The number of carbonyl (C=O) groups excluding carboxylic acids is 1. The second-order valence-corrected chi connectivity index (χ2v) is 8.75. The van der Waals surface area contributed by atoms with Crippen LogP contribution in [0.2, 0.25) is 0 Å². The van der Waals surface area contributed by atoms with E-state index in [1.165, 1.54) is 24.8 Å². The standard InChI is InChI=1S/C13H29N3O.C7H14.ClH.H2O/c1-11(14)10-13(2,3)12(17)15-8-7-9-16(4,5)6;1-4-5-6-7(2)3;;/h11H,7-10,14H2,1-6H3;2,4-6H2,1,3H3;1H;1H2. The maximum absolute atomic E-state index is 12.0. The molecule has 0 aromatic rings. The van der Waals surface area contributed by atoms with Crippen LogP contribution in [-0.4, -0.2) is 56.1 Å². The molecule has 0 aliphatic heterocycles. The fourth-order valence-corrected chi connectivity index (χ4v) is 2.37. The molecule has 0 bridgehead atoms. The van der Waals surface area contributed by atoms with Crippen LogP contribution >= 0.6 is 0 Å². The van der Waals surface area contributed by atoms with Gasteiger partial charge in [0.1, 0.15) is 0 Å². The largest absolute Gasteiger partial charge is 1.00 e. The highest BCUT2D eigenvalue weighted by Gasteiger charge is 2.28. The van der Waals surface area contributed by atoms with Crippen LogP contribution in [0.15, 0.2) is 12.2 Å². The molecular formula is C20H46ClN3O2. The van der Waals surface area contributed by atoms with Crippen molar-refractivity contribution < 1.29 is 27.2 Å². The molecule has 1 unspecified atom stereocenters. The topological polar surface area (TPSA) is 86.6 Å². The molecule has 0 spiro atoms. The number of hydrogen-bond acceptors (Lipinski definition) is 2. The van der Waals surface area contributed by atoms with Gasteiger partial charge < -0.3 is 33.4 Å². The molecule has 5 N–H and O–H groups in total. The molecular weight excluding hydrogens is 350 g/mol. The first-order valence-corrected chi connectivity index (χ1v) is 9.30. The van der Waals surface area contributed by atoms with Crippen LogP contribution in [0, 0.1) is 5.41 Å². The van der Waals surface area contributed by atoms with Gasteiger partial charge in [-0.05, 0) is 33.1 Å². The van der Waals surface area contributed by atoms with Crippen molar-refractivity contribution in [3.8, 4) is 0 Å². The van der Waals surface area contributed by atoms with Crippen molar-refractivity contribution in [2.75, 3.05) is 34.2 Å². The number of halogens is 1. The number of nitrogens with zero attached hydrogens (tertiary/aromatic N) is 1. The predicted molar refractivity (Wildman–Crippen MR) is 111 cm³/mol. The van der Waals surface area contributed by atoms with Gasteiger partial charge in [0.2, 0.25) is 5.91 Å². The fourth-order valence-electron chi connectivity index (χ4n) is 2.37. The summed E-state index contributed by atoms with van der Waals surface area (Å²) in [6.45, 7) is 15.7. The van der Waals surface area contributed by atoms with Crippen molar-refractivity contribution in [2.24, 2.45) is 11.1 Å². The van der Waals surface area contributed by atoms with E-state index in [0.29, 0.717) is 6.42 Å². The Kier molecular flexibility index (Phi) is 21.0. The molecule has 0 heterocycles. The first kappa shape index (κ1) is 33.0. The molecule has 0 aromatic heterocycles. The van der Waals surface area contributed by atoms with E-state index < -0.39 is 0 Å². The Hall–Kier alpha value is -0.620. The quantitative estimate of drug-likeness (QED) is 0.307. The van der Waals surface area contributed by atoms with Crippen LogP contribution < -0.4 is 23.5 Å². The van der Waals surface area contributed by atoms with E-state index in [2.05, 4.69) is 46.9 Å². The molecule has 1 amide bonds. The van der Waals surface area contributed by atoms with E-state index in [1.54, 1.807) is 0 Å². The summed E-state index contributed by atoms with van der Waals surface area (Å²) in [7, 11) is 6.46. The lowest BCUT2D eigenvalue weighted by molar-refractivity contribution is -0.870. The van der Waals surface area contributed by atoms with Crippen LogP contribution in [0.3, 0.4) is 0 Å². The summed E-state index contributed by atoms with van der Waals surface area (Å²) in [6.07, 6.45) is 5.51. The van der Waals surface area contributed by atoms with Gasteiger partial charge in [-0.25, -0.2) is 0 Å². The van der Waals surface area contributed by atoms with E-state index in [-0.39, 0.29) is 35.2 Å². The van der Waals surface area contributed by atoms with Gasteiger partial charge in [0.15, 0.2) is 0 Å². The monoisotopic (exact) mass is 395 g/mol. The highest BCUT2D eigenvalue weighted by atomic mass is 35.5. The molecule has 5 nitrogen and oxygen atoms in total. The third-order valence-corrected chi connectivity index (χ3v) is 3.70. The minimum absolute atomic E-state index is 0. The lowest BCUT2D eigenvalue weighted by Crippen LogP contribution is -3.00. The first-order chi connectivity index (χ1) is 10.8. The zero-order chi connectivity index (χ0) is 19.4. The average Bonchev–Trinajstić information content (AvgIpc) is 2.39. The van der Waals surface area contributed by atoms with Crippen molar-refractivity contribution >= 4 is 5.91 Å². The number of unbranched alkanes of at least 4 members (excludes halogenated alkanes) is 1. The SMILES string of the molecule is C=C(C)CCCC.CC(N)CC(C)(C)C(=O)NCCC[N+](C)(C)C.O.[Cl-]. The van der Waals surface area contributed by atoms with Crippen LogP contribution in [-0.2, 0) is 4.79 Å². The summed E-state index contributed by atoms with van der Waals surface area (Å²) in [6, 6.07) is 0.0574. The fraction of sp³-hybridized carbons (Fsp3) is 0.850. The first-order valence-electron chi connectivity index (χ1n) is 9.30. The number of amides is 1. The van der Waals surface area contributed by atoms with Crippen molar-refractivity contribution in [3.05, 3.63) is 12.2 Å². The summed E-state index contributed by atoms with van der Waals surface area (Å²) < 4.78 is 0.930. The van der Waals surface area contributed by atoms with Gasteiger partial charge in [0, 0.05) is 24.4 Å². The molecule has 0 aliphatic carbocycles. The molecule has 6 heteroatoms. The van der Waals surface area contributed by atoms with Gasteiger partial charge in [0.25, 0.3) is 0 Å². The van der Waals surface area contributed by atoms with Crippen LogP contribution in [0.25, 0.3) is 0 Å². The van der Waals surface area contributed by atoms with Gasteiger partial charge in [0.05, 0.1) is 27.7 Å². The van der Waals surface area contributed by atoms with Gasteiger partial charge in [-0.2, -0.15) is 0 Å². The Morgan fingerprint density at radius 2 is 1.73 bits per heavy atom. The zero-order valence-electron chi connectivity index (χ0n) is 18.5. The normalized spacial score (nSPS) is 11.9. The minimum atomic E-state index is -0.370. The number of nitrogens with two attached hydrogens (primary N) is 1. The molecule has 0 aromatic carbocycles. The average molecular weight is 396 g/mol. The molecule has 0 aliphatic rings. The number of rotatable bonds is 10. The van der Waals surface area contributed by atoms with Crippen molar-refractivity contribution in [2.45, 2.75) is 72.8 Å². The maximum atomic E-state index is 12.0. The van der Waals surface area contributed by atoms with Crippen LogP contribution in [0.4, 0.5) is 0 Å². The zero-order valence-corrected chi connectivity index (χ0v) is 19.3. The molecule has 0 radical (unpaired) electrons. The number of carbonyl (C=O) groups is 1. The van der Waals surface area contributed by atoms with Crippen LogP contribution in [0.1, 0.15) is 66.7 Å². The Labute approximate surface area is 169 Å². The van der Waals surface area contributed by atoms with Crippen molar-refractivity contribution in [1.29, 1.82) is 0 Å². The Balaban J connectivity index is -0.000000230. The summed E-state index contributed by atoms with van der Waals surface area (Å²) >= 11 is 0. The Morgan fingerprint density at radius 1 is 1.23 bits per heavy atom. The third-order valence-electron chi connectivity index (χ3n) is 3.70. The lowest BCUT2D eigenvalue weighted by atomic mass is 9.85. The van der Waals surface area contributed by atoms with Crippen LogP contribution in [0.5, 0.6) is 0 Å². The van der Waals surface area contributed by atoms with E-state index in [1.807, 2.05) is 20.8 Å². The van der Waals surface area contributed by atoms with Gasteiger partial charge >= 0.3 is 0 Å². The summed E-state index contributed by atoms with van der Waals surface area (Å²) in [5.74, 6) is 0.108. The Bertz CT molecular complexity index is 365. The third kappa shape index (κ3) is 23.4. The molecule has 0 fully saturated rings. The number of nitrogens with one attached hydrogen (secondary N) is 1. The van der Waals surface area contributed by atoms with Crippen molar-refractivity contribution in [3.63, 3.8) is 0 Å². The maximum Gasteiger partial charge on any atom is 0.225 e. The number of quaternary nitrogens is 1.